The van der Waals surface area contributed by atoms with Crippen molar-refractivity contribution in [2.75, 3.05) is 12.4 Å². The van der Waals surface area contributed by atoms with Gasteiger partial charge in [-0.15, -0.1) is 0 Å². The van der Waals surface area contributed by atoms with Gasteiger partial charge in [-0.25, -0.2) is 9.97 Å². The molecule has 1 unspecified atom stereocenters. The van der Waals surface area contributed by atoms with Gasteiger partial charge in [-0.1, -0.05) is 47.5 Å². The Labute approximate surface area is 206 Å². The number of nitrogens with zero attached hydrogens (tertiary/aromatic N) is 5. The normalized spacial score (nSPS) is 12.0. The standard InChI is InChI=1S/C25H20Cl2N6O/c1-15(18-8-7-16(26)13-20(18)27)33-21-6-4-3-5-19(21)23(32-33)25-29-14-22(34-2)24(31-25)30-17-9-11-28-12-10-17/h3-15H,1-2H3,(H,28,29,30,31). The van der Waals surface area contributed by atoms with Gasteiger partial charge in [-0.05, 0) is 42.8 Å². The van der Waals surface area contributed by atoms with E-state index in [4.69, 9.17) is 38.0 Å². The third-order valence-electron chi connectivity index (χ3n) is 5.52. The van der Waals surface area contributed by atoms with Crippen LogP contribution in [0.15, 0.2) is 73.2 Å². The zero-order valence-corrected chi connectivity index (χ0v) is 19.9. The molecule has 2 aromatic carbocycles. The molecular weight excluding hydrogens is 471 g/mol. The van der Waals surface area contributed by atoms with Crippen molar-refractivity contribution < 1.29 is 4.74 Å². The van der Waals surface area contributed by atoms with Crippen LogP contribution in [0.1, 0.15) is 18.5 Å². The Hall–Kier alpha value is -3.68. The van der Waals surface area contributed by atoms with Gasteiger partial charge >= 0.3 is 0 Å². The highest BCUT2D eigenvalue weighted by atomic mass is 35.5. The van der Waals surface area contributed by atoms with Crippen LogP contribution in [0.25, 0.3) is 22.4 Å². The maximum atomic E-state index is 6.50. The largest absolute Gasteiger partial charge is 0.491 e. The molecule has 3 aromatic heterocycles. The van der Waals surface area contributed by atoms with Crippen LogP contribution in [0.5, 0.6) is 5.75 Å². The molecule has 0 spiro atoms. The first-order valence-electron chi connectivity index (χ1n) is 10.6. The van der Waals surface area contributed by atoms with E-state index in [1.807, 2.05) is 60.1 Å². The molecule has 0 aliphatic carbocycles. The molecule has 0 aliphatic heterocycles. The zero-order chi connectivity index (χ0) is 23.7. The Morgan fingerprint density at radius 1 is 1.03 bits per heavy atom. The third-order valence-corrected chi connectivity index (χ3v) is 6.09. The number of anilines is 2. The van der Waals surface area contributed by atoms with Crippen LogP contribution in [0.2, 0.25) is 10.0 Å². The molecule has 7 nitrogen and oxygen atoms in total. The van der Waals surface area contributed by atoms with Gasteiger partial charge in [0, 0.05) is 33.5 Å². The number of ether oxygens (including phenoxy) is 1. The number of methoxy groups -OCH3 is 1. The summed E-state index contributed by atoms with van der Waals surface area (Å²) in [5, 5.41) is 10.3. The fourth-order valence-electron chi connectivity index (χ4n) is 3.82. The molecule has 0 aliphatic rings. The molecule has 0 saturated carbocycles. The average molecular weight is 491 g/mol. The zero-order valence-electron chi connectivity index (χ0n) is 18.4. The smallest absolute Gasteiger partial charge is 0.183 e. The Bertz CT molecular complexity index is 1470. The first kappa shape index (κ1) is 22.1. The number of fused-ring (bicyclic) bond motifs is 1. The Kier molecular flexibility index (Phi) is 6.04. The van der Waals surface area contributed by atoms with E-state index in [1.54, 1.807) is 31.8 Å². The van der Waals surface area contributed by atoms with Crippen molar-refractivity contribution in [1.82, 2.24) is 24.7 Å². The molecular formula is C25H20Cl2N6O. The maximum absolute atomic E-state index is 6.50. The second-order valence-electron chi connectivity index (χ2n) is 7.62. The maximum Gasteiger partial charge on any atom is 0.183 e. The van der Waals surface area contributed by atoms with Crippen molar-refractivity contribution >= 4 is 45.6 Å². The van der Waals surface area contributed by atoms with E-state index >= 15 is 0 Å². The van der Waals surface area contributed by atoms with Gasteiger partial charge in [0.05, 0.1) is 24.9 Å². The molecule has 34 heavy (non-hydrogen) atoms. The molecule has 1 N–H and O–H groups in total. The van der Waals surface area contributed by atoms with Crippen LogP contribution < -0.4 is 10.1 Å². The van der Waals surface area contributed by atoms with E-state index in [0.717, 1.165) is 22.2 Å². The summed E-state index contributed by atoms with van der Waals surface area (Å²) in [6.45, 7) is 2.05. The predicted octanol–water partition coefficient (Wildman–Crippen LogP) is 6.56. The predicted molar refractivity (Wildman–Crippen MR) is 135 cm³/mol. The fraction of sp³-hybridized carbons (Fsp3) is 0.120. The van der Waals surface area contributed by atoms with Gasteiger partial charge in [-0.3, -0.25) is 9.67 Å². The first-order chi connectivity index (χ1) is 16.5. The topological polar surface area (TPSA) is 77.8 Å². The monoisotopic (exact) mass is 490 g/mol. The van der Waals surface area contributed by atoms with Crippen molar-refractivity contribution in [2.45, 2.75) is 13.0 Å². The molecule has 9 heteroatoms. The summed E-state index contributed by atoms with van der Waals surface area (Å²) in [6, 6.07) is 17.0. The summed E-state index contributed by atoms with van der Waals surface area (Å²) in [5.74, 6) is 1.53. The Balaban J connectivity index is 1.62. The average Bonchev–Trinajstić information content (AvgIpc) is 3.24. The number of halogens is 2. The quantitative estimate of drug-likeness (QED) is 0.290. The molecule has 0 radical (unpaired) electrons. The molecule has 1 atom stereocenters. The molecule has 0 saturated heterocycles. The molecule has 0 amide bonds. The van der Waals surface area contributed by atoms with Gasteiger partial charge in [0.1, 0.15) is 5.69 Å². The van der Waals surface area contributed by atoms with Crippen molar-refractivity contribution in [3.8, 4) is 17.3 Å². The molecule has 3 heterocycles. The number of nitrogens with one attached hydrogen (secondary N) is 1. The van der Waals surface area contributed by atoms with Crippen LogP contribution in [-0.2, 0) is 0 Å². The van der Waals surface area contributed by atoms with E-state index in [1.165, 1.54) is 0 Å². The number of para-hydroxylation sites is 1. The summed E-state index contributed by atoms with van der Waals surface area (Å²) in [7, 11) is 1.58. The Morgan fingerprint density at radius 3 is 2.59 bits per heavy atom. The van der Waals surface area contributed by atoms with E-state index < -0.39 is 0 Å². The van der Waals surface area contributed by atoms with E-state index in [9.17, 15) is 0 Å². The number of pyridine rings is 1. The lowest BCUT2D eigenvalue weighted by molar-refractivity contribution is 0.413. The minimum atomic E-state index is -0.143. The summed E-state index contributed by atoms with van der Waals surface area (Å²) >= 11 is 12.6. The van der Waals surface area contributed by atoms with E-state index in [-0.39, 0.29) is 6.04 Å². The van der Waals surface area contributed by atoms with Gasteiger partial charge in [0.15, 0.2) is 17.4 Å². The van der Waals surface area contributed by atoms with Gasteiger partial charge in [-0.2, -0.15) is 5.10 Å². The van der Waals surface area contributed by atoms with Crippen molar-refractivity contribution in [1.29, 1.82) is 0 Å². The lowest BCUT2D eigenvalue weighted by Crippen LogP contribution is -2.09. The molecule has 0 bridgehead atoms. The minimum absolute atomic E-state index is 0.143. The minimum Gasteiger partial charge on any atom is -0.491 e. The highest BCUT2D eigenvalue weighted by Gasteiger charge is 2.21. The van der Waals surface area contributed by atoms with Crippen molar-refractivity contribution in [2.24, 2.45) is 0 Å². The van der Waals surface area contributed by atoms with Crippen LogP contribution in [0.3, 0.4) is 0 Å². The second-order valence-corrected chi connectivity index (χ2v) is 8.47. The molecule has 5 aromatic rings. The summed E-state index contributed by atoms with van der Waals surface area (Å²) < 4.78 is 7.40. The number of hydrogen-bond donors (Lipinski definition) is 1. The summed E-state index contributed by atoms with van der Waals surface area (Å²) in [5.41, 5.74) is 3.35. The number of aromatic nitrogens is 5. The number of rotatable bonds is 6. The summed E-state index contributed by atoms with van der Waals surface area (Å²) in [6.07, 6.45) is 5.05. The lowest BCUT2D eigenvalue weighted by atomic mass is 10.1. The number of benzene rings is 2. The summed E-state index contributed by atoms with van der Waals surface area (Å²) in [4.78, 5) is 13.3. The SMILES string of the molecule is COc1cnc(-c2nn(C(C)c3ccc(Cl)cc3Cl)c3ccccc23)nc1Nc1ccncc1. The van der Waals surface area contributed by atoms with Gasteiger partial charge in [0.25, 0.3) is 0 Å². The van der Waals surface area contributed by atoms with Crippen molar-refractivity contribution in [3.05, 3.63) is 88.8 Å². The van der Waals surface area contributed by atoms with Crippen LogP contribution in [0.4, 0.5) is 11.5 Å². The molecule has 0 fully saturated rings. The van der Waals surface area contributed by atoms with Gasteiger partial charge < -0.3 is 10.1 Å². The van der Waals surface area contributed by atoms with Crippen LogP contribution in [0, 0.1) is 0 Å². The number of hydrogen-bond acceptors (Lipinski definition) is 6. The van der Waals surface area contributed by atoms with E-state index in [0.29, 0.717) is 33.1 Å². The lowest BCUT2D eigenvalue weighted by Gasteiger charge is -2.16. The first-order valence-corrected chi connectivity index (χ1v) is 11.3. The highest BCUT2D eigenvalue weighted by Crippen LogP contribution is 2.35. The van der Waals surface area contributed by atoms with Gasteiger partial charge in [0.2, 0.25) is 0 Å². The van der Waals surface area contributed by atoms with Crippen molar-refractivity contribution in [3.63, 3.8) is 0 Å². The highest BCUT2D eigenvalue weighted by molar-refractivity contribution is 6.35. The van der Waals surface area contributed by atoms with Crippen LogP contribution in [-0.4, -0.2) is 31.8 Å². The van der Waals surface area contributed by atoms with E-state index in [2.05, 4.69) is 15.3 Å². The molecule has 170 valence electrons. The third kappa shape index (κ3) is 4.16. The molecule has 5 rings (SSSR count). The Morgan fingerprint density at radius 2 is 1.82 bits per heavy atom. The van der Waals surface area contributed by atoms with Crippen LogP contribution >= 0.6 is 23.2 Å². The fourth-order valence-corrected chi connectivity index (χ4v) is 4.38. The second kappa shape index (κ2) is 9.29.